The number of anilines is 1. The fourth-order valence-electron chi connectivity index (χ4n) is 0.977. The van der Waals surface area contributed by atoms with Crippen LogP contribution in [0.2, 0.25) is 0 Å². The Hall–Kier alpha value is -1.02. The Morgan fingerprint density at radius 2 is 2.13 bits per heavy atom. The van der Waals surface area contributed by atoms with E-state index in [1.54, 1.807) is 0 Å². The molecule has 2 aromatic heterocycles. The number of hydrogen-bond acceptors (Lipinski definition) is 6. The van der Waals surface area contributed by atoms with Gasteiger partial charge in [-0.15, -0.1) is 5.10 Å². The maximum absolute atomic E-state index is 5.47. The highest BCUT2D eigenvalue weighted by Gasteiger charge is 2.13. The predicted octanol–water partition coefficient (Wildman–Crippen LogP) is 1.59. The van der Waals surface area contributed by atoms with Crippen molar-refractivity contribution in [3.63, 3.8) is 0 Å². The van der Waals surface area contributed by atoms with E-state index in [-0.39, 0.29) is 5.95 Å². The van der Waals surface area contributed by atoms with Crippen molar-refractivity contribution in [2.75, 3.05) is 5.73 Å². The van der Waals surface area contributed by atoms with Crippen LogP contribution in [-0.2, 0) is 0 Å². The maximum atomic E-state index is 5.47. The highest BCUT2D eigenvalue weighted by Crippen LogP contribution is 2.20. The van der Waals surface area contributed by atoms with E-state index in [1.165, 1.54) is 16.2 Å². The van der Waals surface area contributed by atoms with Crippen LogP contribution in [0.5, 0.6) is 0 Å². The highest BCUT2D eigenvalue weighted by atomic mass is 79.9. The number of hydrogen-bond donors (Lipinski definition) is 1. The van der Waals surface area contributed by atoms with Crippen molar-refractivity contribution >= 4 is 33.4 Å². The molecule has 8 heteroatoms. The molecule has 0 aromatic carbocycles. The van der Waals surface area contributed by atoms with Crippen LogP contribution in [0.25, 0.3) is 5.13 Å². The van der Waals surface area contributed by atoms with Crippen molar-refractivity contribution in [3.05, 3.63) is 10.6 Å². The second-order valence-electron chi connectivity index (χ2n) is 3.24. The van der Waals surface area contributed by atoms with E-state index in [2.05, 4.69) is 35.4 Å². The number of halogens is 1. The summed E-state index contributed by atoms with van der Waals surface area (Å²) in [5.41, 5.74) is 5.47. The minimum Gasteiger partial charge on any atom is -0.366 e. The number of nitrogens with zero attached hydrogens (tertiary/aromatic N) is 5. The van der Waals surface area contributed by atoms with E-state index in [1.807, 2.05) is 13.8 Å². The molecule has 15 heavy (non-hydrogen) atoms. The van der Waals surface area contributed by atoms with Crippen LogP contribution in [-0.4, -0.2) is 24.1 Å². The molecule has 2 aromatic rings. The molecule has 80 valence electrons. The SMILES string of the molecule is CC(C)c1nsc(-n2nc(N)nc2Br)n1. The van der Waals surface area contributed by atoms with E-state index >= 15 is 0 Å². The fraction of sp³-hybridized carbons (Fsp3) is 0.429. The monoisotopic (exact) mass is 288 g/mol. The van der Waals surface area contributed by atoms with Gasteiger partial charge in [0.1, 0.15) is 5.82 Å². The Bertz CT molecular complexity index is 476. The van der Waals surface area contributed by atoms with Crippen LogP contribution in [0.15, 0.2) is 4.73 Å². The standard InChI is InChI=1S/C7H9BrN6S/c1-3(2)4-10-7(15-13-4)14-5(8)11-6(9)12-14/h3H,1-2H3,(H2,9,12). The van der Waals surface area contributed by atoms with Gasteiger partial charge < -0.3 is 5.73 Å². The molecule has 0 fully saturated rings. The van der Waals surface area contributed by atoms with Crippen LogP contribution in [0, 0.1) is 0 Å². The number of nitrogen functional groups attached to an aromatic ring is 1. The van der Waals surface area contributed by atoms with Gasteiger partial charge >= 0.3 is 0 Å². The Morgan fingerprint density at radius 1 is 1.40 bits per heavy atom. The van der Waals surface area contributed by atoms with Crippen molar-refractivity contribution in [2.45, 2.75) is 19.8 Å². The summed E-state index contributed by atoms with van der Waals surface area (Å²) in [5.74, 6) is 1.31. The lowest BCUT2D eigenvalue weighted by Gasteiger charge is -1.95. The Labute approximate surface area is 98.8 Å². The first-order chi connectivity index (χ1) is 7.08. The number of rotatable bonds is 2. The Morgan fingerprint density at radius 3 is 2.60 bits per heavy atom. The molecule has 0 saturated carbocycles. The summed E-state index contributed by atoms with van der Waals surface area (Å²) in [6.45, 7) is 4.08. The van der Waals surface area contributed by atoms with Gasteiger partial charge in [0.15, 0.2) is 0 Å². The van der Waals surface area contributed by atoms with Crippen LogP contribution >= 0.6 is 27.5 Å². The summed E-state index contributed by atoms with van der Waals surface area (Å²) in [7, 11) is 0. The first-order valence-electron chi connectivity index (χ1n) is 4.30. The van der Waals surface area contributed by atoms with Gasteiger partial charge in [0.05, 0.1) is 0 Å². The Balaban J connectivity index is 2.41. The molecule has 0 amide bonds. The number of aromatic nitrogens is 5. The molecule has 0 spiro atoms. The lowest BCUT2D eigenvalue weighted by Crippen LogP contribution is -1.98. The van der Waals surface area contributed by atoms with E-state index in [0.29, 0.717) is 15.8 Å². The lowest BCUT2D eigenvalue weighted by atomic mass is 10.2. The quantitative estimate of drug-likeness (QED) is 0.907. The van der Waals surface area contributed by atoms with Gasteiger partial charge in [0, 0.05) is 17.5 Å². The topological polar surface area (TPSA) is 82.5 Å². The van der Waals surface area contributed by atoms with Crippen LogP contribution in [0.4, 0.5) is 5.95 Å². The van der Waals surface area contributed by atoms with E-state index < -0.39 is 0 Å². The van der Waals surface area contributed by atoms with Crippen LogP contribution < -0.4 is 5.73 Å². The molecule has 0 bridgehead atoms. The molecular formula is C7H9BrN6S. The second-order valence-corrected chi connectivity index (χ2v) is 4.68. The second kappa shape index (κ2) is 3.86. The molecule has 6 nitrogen and oxygen atoms in total. The van der Waals surface area contributed by atoms with Gasteiger partial charge in [0.25, 0.3) is 0 Å². The molecule has 0 unspecified atom stereocenters. The molecule has 2 heterocycles. The third kappa shape index (κ3) is 2.00. The zero-order valence-corrected chi connectivity index (χ0v) is 10.6. The van der Waals surface area contributed by atoms with Gasteiger partial charge in [-0.2, -0.15) is 14.0 Å². The van der Waals surface area contributed by atoms with Crippen molar-refractivity contribution in [1.82, 2.24) is 24.1 Å². The molecule has 2 rings (SSSR count). The molecule has 0 radical (unpaired) electrons. The molecular weight excluding hydrogens is 280 g/mol. The third-order valence-corrected chi connectivity index (χ3v) is 2.93. The van der Waals surface area contributed by atoms with Crippen molar-refractivity contribution < 1.29 is 0 Å². The fourth-order valence-corrected chi connectivity index (χ4v) is 2.29. The van der Waals surface area contributed by atoms with Crippen molar-refractivity contribution in [1.29, 1.82) is 0 Å². The minimum absolute atomic E-state index is 0.211. The predicted molar refractivity (Wildman–Crippen MR) is 61.0 cm³/mol. The minimum atomic E-state index is 0.211. The van der Waals surface area contributed by atoms with Gasteiger partial charge in [-0.25, -0.2) is 4.98 Å². The Kier molecular flexibility index (Phi) is 2.70. The molecule has 0 aliphatic rings. The van der Waals surface area contributed by atoms with Gasteiger partial charge in [-0.05, 0) is 15.9 Å². The van der Waals surface area contributed by atoms with Crippen LogP contribution in [0.3, 0.4) is 0 Å². The van der Waals surface area contributed by atoms with E-state index in [0.717, 1.165) is 5.82 Å². The highest BCUT2D eigenvalue weighted by molar-refractivity contribution is 9.10. The average molecular weight is 289 g/mol. The third-order valence-electron chi connectivity index (χ3n) is 1.71. The summed E-state index contributed by atoms with van der Waals surface area (Å²) in [6, 6.07) is 0. The first-order valence-corrected chi connectivity index (χ1v) is 5.86. The van der Waals surface area contributed by atoms with Gasteiger partial charge in [0.2, 0.25) is 15.8 Å². The summed E-state index contributed by atoms with van der Waals surface area (Å²) in [4.78, 5) is 8.26. The smallest absolute Gasteiger partial charge is 0.241 e. The van der Waals surface area contributed by atoms with Gasteiger partial charge in [-0.3, -0.25) is 0 Å². The molecule has 2 N–H and O–H groups in total. The van der Waals surface area contributed by atoms with E-state index in [4.69, 9.17) is 5.73 Å². The summed E-state index contributed by atoms with van der Waals surface area (Å²) in [6.07, 6.45) is 0. The normalized spacial score (nSPS) is 11.2. The summed E-state index contributed by atoms with van der Waals surface area (Å²) < 4.78 is 6.28. The molecule has 0 saturated heterocycles. The molecule has 0 atom stereocenters. The summed E-state index contributed by atoms with van der Waals surface area (Å²) in [5, 5.41) is 4.66. The van der Waals surface area contributed by atoms with Gasteiger partial charge in [-0.1, -0.05) is 13.8 Å². The van der Waals surface area contributed by atoms with E-state index in [9.17, 15) is 0 Å². The zero-order chi connectivity index (χ0) is 11.0. The van der Waals surface area contributed by atoms with Crippen LogP contribution in [0.1, 0.15) is 25.6 Å². The zero-order valence-electron chi connectivity index (χ0n) is 8.18. The summed E-state index contributed by atoms with van der Waals surface area (Å²) >= 11 is 4.52. The van der Waals surface area contributed by atoms with Crippen molar-refractivity contribution in [2.24, 2.45) is 0 Å². The van der Waals surface area contributed by atoms with Crippen molar-refractivity contribution in [3.8, 4) is 5.13 Å². The lowest BCUT2D eigenvalue weighted by molar-refractivity contribution is 0.777. The largest absolute Gasteiger partial charge is 0.366 e. The molecule has 0 aliphatic carbocycles. The first kappa shape index (κ1) is 10.5. The maximum Gasteiger partial charge on any atom is 0.241 e. The molecule has 0 aliphatic heterocycles. The number of nitrogens with two attached hydrogens (primary N) is 1. The average Bonchev–Trinajstić information content (AvgIpc) is 2.71.